The molecule has 15 heavy (non-hydrogen) atoms. The molecule has 0 aromatic heterocycles. The van der Waals surface area contributed by atoms with E-state index in [1.165, 1.54) is 0 Å². The van der Waals surface area contributed by atoms with Crippen molar-refractivity contribution in [2.24, 2.45) is 0 Å². The Morgan fingerprint density at radius 3 is 1.07 bits per heavy atom. The van der Waals surface area contributed by atoms with Crippen molar-refractivity contribution in [3.8, 4) is 0 Å². The summed E-state index contributed by atoms with van der Waals surface area (Å²) in [4.78, 5) is 0. The van der Waals surface area contributed by atoms with Gasteiger partial charge in [0.05, 0.1) is 12.2 Å². The number of rotatable bonds is 2. The maximum absolute atomic E-state index is 4.80. The minimum Gasteiger partial charge on any atom is -0.511 e. The number of hydrogen-bond acceptors (Lipinski definition) is 6. The molecule has 0 unspecified atom stereocenters. The largest absolute Gasteiger partial charge is 2.00 e. The van der Waals surface area contributed by atoms with E-state index in [0.717, 1.165) is 0 Å². The topological polar surface area (TPSA) is 18.5 Å². The monoisotopic (exact) mass is 408 g/mol. The van der Waals surface area contributed by atoms with Gasteiger partial charge in [-0.25, -0.2) is 0 Å². The summed E-state index contributed by atoms with van der Waals surface area (Å²) < 4.78 is 10.0. The van der Waals surface area contributed by atoms with E-state index in [4.69, 9.17) is 9.47 Å². The molecule has 0 amide bonds. The Kier molecular flexibility index (Phi) is 20.3. The summed E-state index contributed by atoms with van der Waals surface area (Å²) in [5.74, 6) is 0. The smallest absolute Gasteiger partial charge is 0.511 e. The molecule has 0 aliphatic rings. The summed E-state index contributed by atoms with van der Waals surface area (Å²) in [7, 11) is 0. The fourth-order valence-electron chi connectivity index (χ4n) is 0.385. The summed E-state index contributed by atoms with van der Waals surface area (Å²) in [6, 6.07) is 0. The van der Waals surface area contributed by atoms with Crippen LogP contribution in [-0.2, 0) is 34.7 Å². The Bertz CT molecular complexity index is 165. The summed E-state index contributed by atoms with van der Waals surface area (Å²) in [5, 5.41) is 0. The minimum absolute atomic E-state index is 0. The van der Waals surface area contributed by atoms with Crippen molar-refractivity contribution in [3.05, 3.63) is 0 Å². The van der Waals surface area contributed by atoms with Crippen LogP contribution in [-0.4, -0.2) is 69.9 Å². The van der Waals surface area contributed by atoms with Crippen LogP contribution in [0.4, 0.5) is 0 Å². The van der Waals surface area contributed by atoms with Crippen LogP contribution in [0, 0.1) is 0 Å². The van der Waals surface area contributed by atoms with Gasteiger partial charge in [0, 0.05) is 8.77 Å². The van der Waals surface area contributed by atoms with Crippen molar-refractivity contribution in [2.45, 2.75) is 39.9 Å². The Hall–Kier alpha value is 1.79. The second-order valence-electron chi connectivity index (χ2n) is 2.83. The zero-order valence-electron chi connectivity index (χ0n) is 9.31. The summed E-state index contributed by atoms with van der Waals surface area (Å²) in [5.41, 5.74) is 0. The van der Waals surface area contributed by atoms with E-state index < -0.39 is 0 Å². The SMILES string of the molecule is CC(C)OC(=S)[S-].CC(C)OC(=S)[S-].[Ba+2]. The third-order valence-electron chi connectivity index (χ3n) is 0.664. The molecule has 0 spiro atoms. The van der Waals surface area contributed by atoms with E-state index in [0.29, 0.717) is 0 Å². The van der Waals surface area contributed by atoms with E-state index in [1.807, 2.05) is 27.7 Å². The van der Waals surface area contributed by atoms with Crippen LogP contribution in [0.15, 0.2) is 0 Å². The molecule has 0 bridgehead atoms. The van der Waals surface area contributed by atoms with Crippen LogP contribution in [0.1, 0.15) is 27.7 Å². The fraction of sp³-hybridized carbons (Fsp3) is 0.750. The third kappa shape index (κ3) is 31.3. The maximum Gasteiger partial charge on any atom is 2.00 e. The Balaban J connectivity index is -0.000000180. The van der Waals surface area contributed by atoms with Gasteiger partial charge in [-0.1, -0.05) is 0 Å². The van der Waals surface area contributed by atoms with E-state index in [-0.39, 0.29) is 69.9 Å². The molecule has 0 aromatic rings. The zero-order chi connectivity index (χ0) is 11.7. The fourth-order valence-corrected chi connectivity index (χ4v) is 1.15. The Morgan fingerprint density at radius 2 is 1.07 bits per heavy atom. The van der Waals surface area contributed by atoms with Gasteiger partial charge < -0.3 is 59.2 Å². The van der Waals surface area contributed by atoms with Gasteiger partial charge in [0.2, 0.25) is 0 Å². The average molecular weight is 408 g/mol. The molecule has 7 heteroatoms. The van der Waals surface area contributed by atoms with Crippen molar-refractivity contribution in [2.75, 3.05) is 0 Å². The molecule has 0 fully saturated rings. The van der Waals surface area contributed by atoms with Gasteiger partial charge >= 0.3 is 48.9 Å². The second kappa shape index (κ2) is 13.9. The van der Waals surface area contributed by atoms with Gasteiger partial charge in [-0.05, 0) is 27.7 Å². The van der Waals surface area contributed by atoms with Crippen molar-refractivity contribution >= 4 is 107 Å². The van der Waals surface area contributed by atoms with Crippen LogP contribution >= 0.6 is 24.4 Å². The maximum atomic E-state index is 4.80. The van der Waals surface area contributed by atoms with Gasteiger partial charge in [0.25, 0.3) is 0 Å². The summed E-state index contributed by atoms with van der Waals surface area (Å²) in [6.45, 7) is 7.55. The van der Waals surface area contributed by atoms with E-state index >= 15 is 0 Å². The van der Waals surface area contributed by atoms with Crippen LogP contribution in [0.3, 0.4) is 0 Å². The molecule has 84 valence electrons. The number of thiocarbonyl (C=S) groups is 2. The first-order chi connectivity index (χ1) is 6.25. The Morgan fingerprint density at radius 1 is 0.867 bits per heavy atom. The first-order valence-corrected chi connectivity index (χ1v) is 5.64. The molecule has 0 heterocycles. The summed E-state index contributed by atoms with van der Waals surface area (Å²) in [6.07, 6.45) is 0.259. The number of ether oxygens (including phenoxy) is 2. The molecule has 0 saturated heterocycles. The first-order valence-electron chi connectivity index (χ1n) is 4.01. The quantitative estimate of drug-likeness (QED) is 0.394. The van der Waals surface area contributed by atoms with Crippen molar-refractivity contribution < 1.29 is 9.47 Å². The van der Waals surface area contributed by atoms with Gasteiger partial charge in [0.1, 0.15) is 0 Å². The molecular weight excluding hydrogens is 394 g/mol. The molecule has 0 rings (SSSR count). The normalized spacial score (nSPS) is 8.40. The van der Waals surface area contributed by atoms with E-state index in [2.05, 4.69) is 49.7 Å². The van der Waals surface area contributed by atoms with Gasteiger partial charge in [0.15, 0.2) is 0 Å². The predicted molar refractivity (Wildman–Crippen MR) is 78.1 cm³/mol. The first kappa shape index (κ1) is 22.0. The van der Waals surface area contributed by atoms with Crippen molar-refractivity contribution in [1.82, 2.24) is 0 Å². The molecule has 0 aromatic carbocycles. The molecule has 0 aliphatic carbocycles. The third-order valence-corrected chi connectivity index (χ3v) is 1.05. The van der Waals surface area contributed by atoms with Crippen molar-refractivity contribution in [1.29, 1.82) is 0 Å². The molecule has 2 nitrogen and oxygen atoms in total. The van der Waals surface area contributed by atoms with Crippen molar-refractivity contribution in [3.63, 3.8) is 0 Å². The molecule has 0 radical (unpaired) electrons. The van der Waals surface area contributed by atoms with Crippen LogP contribution in [0.25, 0.3) is 0 Å². The average Bonchev–Trinajstić information content (AvgIpc) is 1.79. The number of hydrogen-bond donors (Lipinski definition) is 0. The predicted octanol–water partition coefficient (Wildman–Crippen LogP) is 2.11. The van der Waals surface area contributed by atoms with Crippen LogP contribution in [0.2, 0.25) is 0 Å². The van der Waals surface area contributed by atoms with E-state index in [9.17, 15) is 0 Å². The molecule has 0 saturated carbocycles. The second-order valence-corrected chi connectivity index (χ2v) is 4.83. The van der Waals surface area contributed by atoms with Gasteiger partial charge in [-0.2, -0.15) is 0 Å². The van der Waals surface area contributed by atoms with Gasteiger partial charge in [-0.15, -0.1) is 0 Å². The summed E-state index contributed by atoms with van der Waals surface area (Å²) >= 11 is 17.9. The Labute approximate surface area is 154 Å². The standard InChI is InChI=1S/2C4H8OS2.Ba/c2*1-3(2)5-4(6)7;/h2*3H,1-2H3,(H,6,7);/q;;+2/p-2. The van der Waals surface area contributed by atoms with E-state index in [1.54, 1.807) is 0 Å². The van der Waals surface area contributed by atoms with Crippen LogP contribution < -0.4 is 0 Å². The molecule has 0 N–H and O–H groups in total. The molecule has 0 aliphatic heterocycles. The van der Waals surface area contributed by atoms with Gasteiger partial charge in [-0.3, -0.25) is 0 Å². The molecular formula is C8H14BaO2S4. The van der Waals surface area contributed by atoms with Crippen LogP contribution in [0.5, 0.6) is 0 Å². The molecule has 0 atom stereocenters. The minimum atomic E-state index is 0. The zero-order valence-corrected chi connectivity index (χ0v) is 17.0.